The van der Waals surface area contributed by atoms with Crippen LogP contribution in [0.1, 0.15) is 32.6 Å². The van der Waals surface area contributed by atoms with Crippen LogP contribution in [0.4, 0.5) is 0 Å². The molecule has 14 heavy (non-hydrogen) atoms. The predicted octanol–water partition coefficient (Wildman–Crippen LogP) is 0.585. The lowest BCUT2D eigenvalue weighted by atomic mass is 10.2. The van der Waals surface area contributed by atoms with E-state index < -0.39 is 0 Å². The Morgan fingerprint density at radius 3 is 2.86 bits per heavy atom. The largest absolute Gasteiger partial charge is 0.330 e. The number of hydrogen-bond acceptors (Lipinski definition) is 3. The molecule has 2 N–H and O–H groups in total. The molecule has 1 aliphatic heterocycles. The molecule has 1 fully saturated rings. The fraction of sp³-hybridized carbons (Fsp3) is 0.900. The van der Waals surface area contributed by atoms with Crippen LogP contribution >= 0.6 is 0 Å². The Balaban J connectivity index is 2.47. The first kappa shape index (κ1) is 11.5. The predicted molar refractivity (Wildman–Crippen MR) is 56.5 cm³/mol. The van der Waals surface area contributed by atoms with Crippen molar-refractivity contribution in [1.82, 2.24) is 10.0 Å². The van der Waals surface area contributed by atoms with Gasteiger partial charge in [0.2, 0.25) is 5.91 Å². The standard InChI is InChI=1S/C10H21N3O/c1-2-7-12-8-3-5-10(14)13(12)9-4-6-11/h2-9,11H2,1H3. The molecule has 0 bridgehead atoms. The number of rotatable bonds is 5. The summed E-state index contributed by atoms with van der Waals surface area (Å²) in [5.74, 6) is 0.262. The maximum atomic E-state index is 11.6. The third-order valence-corrected chi connectivity index (χ3v) is 2.49. The van der Waals surface area contributed by atoms with Gasteiger partial charge in [-0.05, 0) is 25.8 Å². The first-order valence-electron chi connectivity index (χ1n) is 5.55. The van der Waals surface area contributed by atoms with Crippen molar-refractivity contribution < 1.29 is 4.79 Å². The van der Waals surface area contributed by atoms with Gasteiger partial charge in [0.05, 0.1) is 0 Å². The van der Waals surface area contributed by atoms with Crippen LogP contribution in [0.2, 0.25) is 0 Å². The van der Waals surface area contributed by atoms with E-state index in [1.165, 1.54) is 0 Å². The topological polar surface area (TPSA) is 49.6 Å². The summed E-state index contributed by atoms with van der Waals surface area (Å²) in [6, 6.07) is 0. The zero-order valence-corrected chi connectivity index (χ0v) is 9.04. The molecule has 0 unspecified atom stereocenters. The van der Waals surface area contributed by atoms with Gasteiger partial charge in [0.25, 0.3) is 0 Å². The summed E-state index contributed by atoms with van der Waals surface area (Å²) in [6.45, 7) is 5.58. The highest BCUT2D eigenvalue weighted by Crippen LogP contribution is 2.12. The van der Waals surface area contributed by atoms with Gasteiger partial charge in [0.1, 0.15) is 0 Å². The van der Waals surface area contributed by atoms with Gasteiger partial charge in [0.15, 0.2) is 0 Å². The first-order chi connectivity index (χ1) is 6.79. The summed E-state index contributed by atoms with van der Waals surface area (Å²) >= 11 is 0. The molecule has 0 atom stereocenters. The maximum Gasteiger partial charge on any atom is 0.236 e. The van der Waals surface area contributed by atoms with Gasteiger partial charge >= 0.3 is 0 Å². The molecule has 1 saturated heterocycles. The van der Waals surface area contributed by atoms with Crippen molar-refractivity contribution in [3.05, 3.63) is 0 Å². The molecule has 0 saturated carbocycles. The van der Waals surface area contributed by atoms with Crippen molar-refractivity contribution in [1.29, 1.82) is 0 Å². The van der Waals surface area contributed by atoms with Crippen LogP contribution in [0, 0.1) is 0 Å². The third-order valence-electron chi connectivity index (χ3n) is 2.49. The molecule has 82 valence electrons. The van der Waals surface area contributed by atoms with Gasteiger partial charge in [-0.2, -0.15) is 0 Å². The van der Waals surface area contributed by atoms with Gasteiger partial charge in [0, 0.05) is 26.1 Å². The molecule has 4 nitrogen and oxygen atoms in total. The van der Waals surface area contributed by atoms with E-state index in [1.54, 1.807) is 0 Å². The summed E-state index contributed by atoms with van der Waals surface area (Å²) in [5, 5.41) is 4.06. The van der Waals surface area contributed by atoms with E-state index in [4.69, 9.17) is 5.73 Å². The van der Waals surface area contributed by atoms with Gasteiger partial charge in [-0.25, -0.2) is 5.01 Å². The Hall–Kier alpha value is -0.610. The Bertz CT molecular complexity index is 182. The lowest BCUT2D eigenvalue weighted by molar-refractivity contribution is -0.155. The normalized spacial score (nSPS) is 19.0. The molecular formula is C10H21N3O. The summed E-state index contributed by atoms with van der Waals surface area (Å²) in [6.07, 6.45) is 3.68. The van der Waals surface area contributed by atoms with Crippen LogP contribution in [0.5, 0.6) is 0 Å². The van der Waals surface area contributed by atoms with E-state index in [1.807, 2.05) is 5.01 Å². The number of nitrogens with two attached hydrogens (primary N) is 1. The van der Waals surface area contributed by atoms with E-state index in [2.05, 4.69) is 11.9 Å². The number of carbonyl (C=O) groups excluding carboxylic acids is 1. The quantitative estimate of drug-likeness (QED) is 0.705. The fourth-order valence-corrected chi connectivity index (χ4v) is 1.82. The van der Waals surface area contributed by atoms with Crippen LogP contribution in [-0.4, -0.2) is 42.1 Å². The second-order valence-corrected chi connectivity index (χ2v) is 3.72. The monoisotopic (exact) mass is 199 g/mol. The molecule has 0 aliphatic carbocycles. The molecule has 0 aromatic heterocycles. The summed E-state index contributed by atoms with van der Waals surface area (Å²) in [4.78, 5) is 11.6. The summed E-state index contributed by atoms with van der Waals surface area (Å²) in [5.41, 5.74) is 5.45. The second kappa shape index (κ2) is 5.98. The molecular weight excluding hydrogens is 178 g/mol. The van der Waals surface area contributed by atoms with Gasteiger partial charge in [-0.1, -0.05) is 6.92 Å². The molecule has 1 aliphatic rings. The first-order valence-corrected chi connectivity index (χ1v) is 5.55. The molecule has 1 heterocycles. The molecule has 0 radical (unpaired) electrons. The van der Waals surface area contributed by atoms with Crippen molar-refractivity contribution in [3.8, 4) is 0 Å². The van der Waals surface area contributed by atoms with Gasteiger partial charge < -0.3 is 5.73 Å². The SMILES string of the molecule is CCCN1CCCC(=O)N1CCCN. The van der Waals surface area contributed by atoms with Crippen LogP contribution in [0.25, 0.3) is 0 Å². The Labute approximate surface area is 86.0 Å². The number of amides is 1. The van der Waals surface area contributed by atoms with Crippen molar-refractivity contribution in [2.24, 2.45) is 5.73 Å². The van der Waals surface area contributed by atoms with Crippen LogP contribution in [0.3, 0.4) is 0 Å². The number of hydrogen-bond donors (Lipinski definition) is 1. The molecule has 1 rings (SSSR count). The van der Waals surface area contributed by atoms with Crippen LogP contribution in [0.15, 0.2) is 0 Å². The zero-order chi connectivity index (χ0) is 10.4. The zero-order valence-electron chi connectivity index (χ0n) is 9.04. The average Bonchev–Trinajstić information content (AvgIpc) is 2.18. The van der Waals surface area contributed by atoms with Gasteiger partial charge in [-0.15, -0.1) is 0 Å². The lowest BCUT2D eigenvalue weighted by Crippen LogP contribution is -2.51. The van der Waals surface area contributed by atoms with E-state index in [9.17, 15) is 4.79 Å². The van der Waals surface area contributed by atoms with E-state index in [0.717, 1.165) is 38.9 Å². The third kappa shape index (κ3) is 2.96. The van der Waals surface area contributed by atoms with E-state index in [0.29, 0.717) is 13.0 Å². The lowest BCUT2D eigenvalue weighted by Gasteiger charge is -2.38. The number of carbonyl (C=O) groups is 1. The second-order valence-electron chi connectivity index (χ2n) is 3.72. The molecule has 0 aromatic carbocycles. The van der Waals surface area contributed by atoms with E-state index >= 15 is 0 Å². The smallest absolute Gasteiger partial charge is 0.236 e. The number of hydrazine groups is 1. The van der Waals surface area contributed by atoms with Crippen molar-refractivity contribution >= 4 is 5.91 Å². The Kier molecular flexibility index (Phi) is 4.90. The highest BCUT2D eigenvalue weighted by atomic mass is 16.2. The molecule has 0 spiro atoms. The van der Waals surface area contributed by atoms with Crippen molar-refractivity contribution in [3.63, 3.8) is 0 Å². The number of nitrogens with zero attached hydrogens (tertiary/aromatic N) is 2. The maximum absolute atomic E-state index is 11.6. The van der Waals surface area contributed by atoms with E-state index in [-0.39, 0.29) is 5.91 Å². The molecule has 1 amide bonds. The van der Waals surface area contributed by atoms with Crippen LogP contribution < -0.4 is 5.73 Å². The minimum absolute atomic E-state index is 0.262. The summed E-state index contributed by atoms with van der Waals surface area (Å²) < 4.78 is 0. The Morgan fingerprint density at radius 1 is 1.43 bits per heavy atom. The highest BCUT2D eigenvalue weighted by molar-refractivity contribution is 5.76. The minimum Gasteiger partial charge on any atom is -0.330 e. The van der Waals surface area contributed by atoms with Crippen LogP contribution in [-0.2, 0) is 4.79 Å². The average molecular weight is 199 g/mol. The van der Waals surface area contributed by atoms with Crippen molar-refractivity contribution in [2.45, 2.75) is 32.6 Å². The molecule has 0 aromatic rings. The fourth-order valence-electron chi connectivity index (χ4n) is 1.82. The summed E-state index contributed by atoms with van der Waals surface area (Å²) in [7, 11) is 0. The minimum atomic E-state index is 0.262. The highest BCUT2D eigenvalue weighted by Gasteiger charge is 2.24. The van der Waals surface area contributed by atoms with Gasteiger partial charge in [-0.3, -0.25) is 9.80 Å². The van der Waals surface area contributed by atoms with Crippen molar-refractivity contribution in [2.75, 3.05) is 26.2 Å². The Morgan fingerprint density at radius 2 is 2.21 bits per heavy atom. The molecule has 4 heteroatoms.